The molecule has 1 aliphatic heterocycles. The summed E-state index contributed by atoms with van der Waals surface area (Å²) in [5.41, 5.74) is 3.28. The van der Waals surface area contributed by atoms with Crippen molar-refractivity contribution in [3.63, 3.8) is 0 Å². The fraction of sp³-hybridized carbons (Fsp3) is 0.364. The summed E-state index contributed by atoms with van der Waals surface area (Å²) in [5.74, 6) is 0.609. The molecule has 2 aromatic rings. The van der Waals surface area contributed by atoms with Crippen molar-refractivity contribution in [2.45, 2.75) is 38.8 Å². The summed E-state index contributed by atoms with van der Waals surface area (Å²) in [4.78, 5) is 26.8. The number of carbonyl (C=O) groups is 2. The van der Waals surface area contributed by atoms with E-state index in [4.69, 9.17) is 4.74 Å². The lowest BCUT2D eigenvalue weighted by molar-refractivity contribution is -0.124. The van der Waals surface area contributed by atoms with Crippen LogP contribution in [0.2, 0.25) is 0 Å². The van der Waals surface area contributed by atoms with Crippen molar-refractivity contribution in [2.24, 2.45) is 0 Å². The number of carbonyl (C=O) groups excluding carboxylic acids is 2. The molecule has 1 heterocycles. The van der Waals surface area contributed by atoms with Crippen molar-refractivity contribution in [2.75, 3.05) is 13.7 Å². The quantitative estimate of drug-likeness (QED) is 0.901. The molecule has 0 bridgehead atoms. The van der Waals surface area contributed by atoms with Gasteiger partial charge in [-0.25, -0.2) is 0 Å². The highest BCUT2D eigenvalue weighted by Crippen LogP contribution is 2.30. The average Bonchev–Trinajstić information content (AvgIpc) is 2.66. The third-order valence-electron chi connectivity index (χ3n) is 5.02. The first-order valence-electron chi connectivity index (χ1n) is 9.12. The normalized spacial score (nSPS) is 18.3. The van der Waals surface area contributed by atoms with E-state index in [-0.39, 0.29) is 18.1 Å². The van der Waals surface area contributed by atoms with Crippen LogP contribution < -0.4 is 4.74 Å². The molecule has 0 aliphatic carbocycles. The number of methoxy groups -OCH3 is 1. The number of aliphatic hydroxyl groups is 1. The second-order valence-electron chi connectivity index (χ2n) is 7.15. The molecule has 142 valence electrons. The van der Waals surface area contributed by atoms with Gasteiger partial charge in [-0.2, -0.15) is 0 Å². The van der Waals surface area contributed by atoms with E-state index >= 15 is 0 Å². The number of benzene rings is 2. The molecule has 0 aromatic heterocycles. The Balaban J connectivity index is 1.89. The van der Waals surface area contributed by atoms with E-state index in [0.29, 0.717) is 29.8 Å². The molecule has 1 amide bonds. The topological polar surface area (TPSA) is 66.8 Å². The first-order valence-corrected chi connectivity index (χ1v) is 9.12. The number of ketones is 1. The lowest BCUT2D eigenvalue weighted by Crippen LogP contribution is -2.49. The van der Waals surface area contributed by atoms with Crippen LogP contribution >= 0.6 is 0 Å². The molecule has 1 aliphatic rings. The van der Waals surface area contributed by atoms with Crippen molar-refractivity contribution in [1.29, 1.82) is 0 Å². The van der Waals surface area contributed by atoms with Gasteiger partial charge in [0.2, 0.25) is 0 Å². The fourth-order valence-corrected chi connectivity index (χ4v) is 3.68. The molecule has 1 saturated heterocycles. The molecular weight excluding hydrogens is 342 g/mol. The van der Waals surface area contributed by atoms with E-state index in [0.717, 1.165) is 11.1 Å². The minimum absolute atomic E-state index is 0.0667. The predicted molar refractivity (Wildman–Crippen MR) is 103 cm³/mol. The zero-order valence-electron chi connectivity index (χ0n) is 15.9. The number of nitrogens with zero attached hydrogens (tertiary/aromatic N) is 1. The molecule has 5 nitrogen and oxygen atoms in total. The number of ether oxygens (including phenoxy) is 1. The second-order valence-corrected chi connectivity index (χ2v) is 7.15. The van der Waals surface area contributed by atoms with Crippen LogP contribution in [0.5, 0.6) is 5.75 Å². The van der Waals surface area contributed by atoms with Crippen LogP contribution in [0.4, 0.5) is 0 Å². The lowest BCUT2D eigenvalue weighted by Gasteiger charge is -2.38. The van der Waals surface area contributed by atoms with Crippen LogP contribution in [0, 0.1) is 13.8 Å². The van der Waals surface area contributed by atoms with E-state index < -0.39 is 12.1 Å². The Hall–Kier alpha value is -2.66. The van der Waals surface area contributed by atoms with Gasteiger partial charge in [0.05, 0.1) is 19.3 Å². The molecule has 0 unspecified atom stereocenters. The number of aryl methyl sites for hydroxylation is 2. The maximum atomic E-state index is 13.1. The number of hydrogen-bond donors (Lipinski definition) is 1. The third kappa shape index (κ3) is 4.19. The van der Waals surface area contributed by atoms with E-state index in [2.05, 4.69) is 0 Å². The Kier molecular flexibility index (Phi) is 5.61. The molecule has 2 atom stereocenters. The van der Waals surface area contributed by atoms with Gasteiger partial charge in [-0.05, 0) is 43.7 Å². The second kappa shape index (κ2) is 7.92. The molecule has 0 saturated carbocycles. The first kappa shape index (κ1) is 19.1. The Morgan fingerprint density at radius 2 is 1.78 bits per heavy atom. The van der Waals surface area contributed by atoms with Crippen molar-refractivity contribution < 1.29 is 19.4 Å². The minimum Gasteiger partial charge on any atom is -0.497 e. The lowest BCUT2D eigenvalue weighted by atomic mass is 9.91. The molecule has 1 fully saturated rings. The molecule has 2 aromatic carbocycles. The molecule has 3 rings (SSSR count). The van der Waals surface area contributed by atoms with Gasteiger partial charge in [-0.15, -0.1) is 0 Å². The van der Waals surface area contributed by atoms with Gasteiger partial charge in [-0.3, -0.25) is 9.59 Å². The van der Waals surface area contributed by atoms with Gasteiger partial charge in [0, 0.05) is 24.9 Å². The monoisotopic (exact) mass is 367 g/mol. The zero-order valence-corrected chi connectivity index (χ0v) is 15.9. The standard InChI is InChI=1S/C22H25NO4/c1-14-10-15(2)12-17(11-14)22(26)23-9-8-18(24)13-20(23)21(25)16-4-6-19(27-3)7-5-16/h4-7,10-12,20-21,25H,8-9,13H2,1-3H3/t20-,21-/m1/s1. The highest BCUT2D eigenvalue weighted by Gasteiger charge is 2.36. The number of rotatable bonds is 4. The summed E-state index contributed by atoms with van der Waals surface area (Å²) < 4.78 is 5.15. The van der Waals surface area contributed by atoms with E-state index in [1.165, 1.54) is 0 Å². The van der Waals surface area contributed by atoms with Crippen molar-refractivity contribution in [1.82, 2.24) is 4.90 Å². The number of Topliss-reactive ketones (excluding diaryl/α,β-unsaturated/α-hetero) is 1. The molecule has 1 N–H and O–H groups in total. The third-order valence-corrected chi connectivity index (χ3v) is 5.02. The Labute approximate surface area is 159 Å². The van der Waals surface area contributed by atoms with Crippen molar-refractivity contribution >= 4 is 11.7 Å². The van der Waals surface area contributed by atoms with E-state index in [1.54, 1.807) is 36.3 Å². The highest BCUT2D eigenvalue weighted by atomic mass is 16.5. The van der Waals surface area contributed by atoms with Gasteiger partial charge in [0.15, 0.2) is 0 Å². The van der Waals surface area contributed by atoms with Crippen LogP contribution in [-0.2, 0) is 4.79 Å². The first-order chi connectivity index (χ1) is 12.9. The summed E-state index contributed by atoms with van der Waals surface area (Å²) in [6, 6.07) is 12.2. The number of piperidine rings is 1. The maximum absolute atomic E-state index is 13.1. The fourth-order valence-electron chi connectivity index (χ4n) is 3.68. The van der Waals surface area contributed by atoms with Crippen molar-refractivity contribution in [3.05, 3.63) is 64.7 Å². The summed E-state index contributed by atoms with van der Waals surface area (Å²) in [5, 5.41) is 10.9. The SMILES string of the molecule is COc1ccc([C@@H](O)[C@H]2CC(=O)CCN2C(=O)c2cc(C)cc(C)c2)cc1. The maximum Gasteiger partial charge on any atom is 0.254 e. The van der Waals surface area contributed by atoms with E-state index in [1.807, 2.05) is 32.0 Å². The molecular formula is C22H25NO4. The summed E-state index contributed by atoms with van der Waals surface area (Å²) in [6.45, 7) is 4.23. The number of aliphatic hydroxyl groups excluding tert-OH is 1. The van der Waals surface area contributed by atoms with Gasteiger partial charge < -0.3 is 14.7 Å². The summed E-state index contributed by atoms with van der Waals surface area (Å²) >= 11 is 0. The van der Waals surface area contributed by atoms with Crippen LogP contribution in [0.1, 0.15) is 46.0 Å². The number of hydrogen-bond acceptors (Lipinski definition) is 4. The Morgan fingerprint density at radius 3 is 2.37 bits per heavy atom. The van der Waals surface area contributed by atoms with Gasteiger partial charge in [0.25, 0.3) is 5.91 Å². The molecule has 0 radical (unpaired) electrons. The van der Waals surface area contributed by atoms with Crippen LogP contribution in [-0.4, -0.2) is 41.4 Å². The molecule has 0 spiro atoms. The minimum atomic E-state index is -0.935. The summed E-state index contributed by atoms with van der Waals surface area (Å²) in [7, 11) is 1.58. The number of amides is 1. The molecule has 27 heavy (non-hydrogen) atoms. The number of likely N-dealkylation sites (tertiary alicyclic amines) is 1. The van der Waals surface area contributed by atoms with Crippen LogP contribution in [0.15, 0.2) is 42.5 Å². The van der Waals surface area contributed by atoms with Crippen LogP contribution in [0.25, 0.3) is 0 Å². The molecule has 5 heteroatoms. The largest absolute Gasteiger partial charge is 0.497 e. The summed E-state index contributed by atoms with van der Waals surface area (Å²) in [6.07, 6.45) is -0.457. The predicted octanol–water partition coefficient (Wildman–Crippen LogP) is 3.22. The van der Waals surface area contributed by atoms with E-state index in [9.17, 15) is 14.7 Å². The Bertz CT molecular complexity index is 824. The highest BCUT2D eigenvalue weighted by molar-refractivity contribution is 5.96. The average molecular weight is 367 g/mol. The zero-order chi connectivity index (χ0) is 19.6. The smallest absolute Gasteiger partial charge is 0.254 e. The Morgan fingerprint density at radius 1 is 1.15 bits per heavy atom. The van der Waals surface area contributed by atoms with Crippen molar-refractivity contribution in [3.8, 4) is 5.75 Å². The van der Waals surface area contributed by atoms with Gasteiger partial charge in [-0.1, -0.05) is 29.3 Å². The van der Waals surface area contributed by atoms with Gasteiger partial charge >= 0.3 is 0 Å². The van der Waals surface area contributed by atoms with Crippen LogP contribution in [0.3, 0.4) is 0 Å². The van der Waals surface area contributed by atoms with Gasteiger partial charge in [0.1, 0.15) is 11.5 Å².